The van der Waals surface area contributed by atoms with Crippen LogP contribution in [0.1, 0.15) is 25.7 Å². The van der Waals surface area contributed by atoms with Gasteiger partial charge < -0.3 is 4.90 Å². The molecule has 0 aromatic heterocycles. The van der Waals surface area contributed by atoms with Gasteiger partial charge in [-0.15, -0.1) is 0 Å². The molecule has 1 saturated carbocycles. The van der Waals surface area contributed by atoms with Crippen molar-refractivity contribution in [2.75, 3.05) is 31.1 Å². The van der Waals surface area contributed by atoms with Crippen LogP contribution in [-0.4, -0.2) is 51.6 Å². The first-order chi connectivity index (χ1) is 14.0. The summed E-state index contributed by atoms with van der Waals surface area (Å²) in [7, 11) is -3.49. The zero-order valence-electron chi connectivity index (χ0n) is 16.5. The number of anilines is 1. The molecule has 1 aliphatic heterocycles. The van der Waals surface area contributed by atoms with Crippen molar-refractivity contribution in [2.24, 2.45) is 0 Å². The maximum absolute atomic E-state index is 12.8. The van der Waals surface area contributed by atoms with Crippen molar-refractivity contribution >= 4 is 27.3 Å². The number of sulfonamides is 1. The van der Waals surface area contributed by atoms with Crippen molar-refractivity contribution in [3.63, 3.8) is 0 Å². The van der Waals surface area contributed by atoms with Crippen molar-refractivity contribution in [3.8, 4) is 0 Å². The Labute approximate surface area is 178 Å². The number of nitrogens with zero attached hydrogens (tertiary/aromatic N) is 2. The fourth-order valence-electron chi connectivity index (χ4n) is 4.54. The van der Waals surface area contributed by atoms with E-state index in [0.29, 0.717) is 4.90 Å². The monoisotopic (exact) mass is 433 g/mol. The number of piperazine rings is 1. The second kappa shape index (κ2) is 9.04. The third-order valence-electron chi connectivity index (χ3n) is 6.05. The lowest BCUT2D eigenvalue weighted by Crippen LogP contribution is -2.58. The molecule has 4 rings (SSSR count). The summed E-state index contributed by atoms with van der Waals surface area (Å²) in [6.07, 6.45) is 4.16. The number of rotatable bonds is 5. The molecular weight excluding hydrogens is 406 g/mol. The van der Waals surface area contributed by atoms with Gasteiger partial charge in [0, 0.05) is 49.0 Å². The number of hydrogen-bond acceptors (Lipinski definition) is 4. The van der Waals surface area contributed by atoms with E-state index in [1.807, 2.05) is 24.3 Å². The molecule has 0 radical (unpaired) electrons. The van der Waals surface area contributed by atoms with Crippen LogP contribution in [0.15, 0.2) is 59.5 Å². The summed E-state index contributed by atoms with van der Waals surface area (Å²) in [4.78, 5) is 5.17. The van der Waals surface area contributed by atoms with E-state index in [1.54, 1.807) is 24.3 Å². The van der Waals surface area contributed by atoms with Crippen LogP contribution in [0.4, 0.5) is 5.69 Å². The highest BCUT2D eigenvalue weighted by atomic mass is 35.5. The predicted octanol–water partition coefficient (Wildman–Crippen LogP) is 3.75. The summed E-state index contributed by atoms with van der Waals surface area (Å²) in [5.41, 5.74) is 1.15. The molecule has 2 aliphatic rings. The summed E-state index contributed by atoms with van der Waals surface area (Å²) in [5.74, 6) is 0. The molecule has 29 heavy (non-hydrogen) atoms. The first-order valence-electron chi connectivity index (χ1n) is 10.3. The third-order valence-corrected chi connectivity index (χ3v) is 7.79. The van der Waals surface area contributed by atoms with E-state index < -0.39 is 10.0 Å². The van der Waals surface area contributed by atoms with Gasteiger partial charge in [0.2, 0.25) is 10.0 Å². The number of hydrogen-bond donors (Lipinski definition) is 1. The molecule has 0 bridgehead atoms. The largest absolute Gasteiger partial charge is 0.369 e. The standard InChI is InChI=1S/C22H28ClN3O2S/c23-18-7-6-8-19(17-18)25-13-15-26(16-14-25)22-12-5-4-11-21(22)24-29(27,28)20-9-2-1-3-10-20/h1-3,6-10,17,21-22,24H,4-5,11-16H2/t21-,22-/m1/s1. The molecule has 1 saturated heterocycles. The molecule has 0 amide bonds. The molecule has 7 heteroatoms. The molecule has 0 unspecified atom stereocenters. The molecule has 5 nitrogen and oxygen atoms in total. The second-order valence-electron chi connectivity index (χ2n) is 7.90. The van der Waals surface area contributed by atoms with Gasteiger partial charge in [0.15, 0.2) is 0 Å². The zero-order valence-corrected chi connectivity index (χ0v) is 18.1. The topological polar surface area (TPSA) is 52.7 Å². The molecule has 0 spiro atoms. The summed E-state index contributed by atoms with van der Waals surface area (Å²) < 4.78 is 28.7. The van der Waals surface area contributed by atoms with E-state index in [-0.39, 0.29) is 12.1 Å². The predicted molar refractivity (Wildman–Crippen MR) is 118 cm³/mol. The smallest absolute Gasteiger partial charge is 0.240 e. The molecule has 156 valence electrons. The minimum absolute atomic E-state index is 0.0355. The Bertz CT molecular complexity index is 915. The van der Waals surface area contributed by atoms with Crippen LogP contribution in [0.5, 0.6) is 0 Å². The van der Waals surface area contributed by atoms with E-state index in [0.717, 1.165) is 62.6 Å². The second-order valence-corrected chi connectivity index (χ2v) is 10.0. The summed E-state index contributed by atoms with van der Waals surface area (Å²) >= 11 is 6.14. The van der Waals surface area contributed by atoms with Gasteiger partial charge in [-0.05, 0) is 43.2 Å². The third kappa shape index (κ3) is 4.94. The van der Waals surface area contributed by atoms with E-state index >= 15 is 0 Å². The molecule has 2 fully saturated rings. The number of nitrogens with one attached hydrogen (secondary N) is 1. The van der Waals surface area contributed by atoms with Gasteiger partial charge in [-0.25, -0.2) is 13.1 Å². The first kappa shape index (κ1) is 20.7. The minimum Gasteiger partial charge on any atom is -0.369 e. The van der Waals surface area contributed by atoms with Gasteiger partial charge in [0.1, 0.15) is 0 Å². The normalized spacial score (nSPS) is 23.8. The van der Waals surface area contributed by atoms with Crippen LogP contribution in [0, 0.1) is 0 Å². The van der Waals surface area contributed by atoms with Gasteiger partial charge in [0.05, 0.1) is 4.90 Å². The molecular formula is C22H28ClN3O2S. The van der Waals surface area contributed by atoms with Crippen molar-refractivity contribution in [2.45, 2.75) is 42.7 Å². The Balaban J connectivity index is 1.42. The summed E-state index contributed by atoms with van der Waals surface area (Å²) in [6, 6.07) is 16.9. The number of halogens is 1. The summed E-state index contributed by atoms with van der Waals surface area (Å²) in [6.45, 7) is 3.71. The lowest BCUT2D eigenvalue weighted by Gasteiger charge is -2.44. The van der Waals surface area contributed by atoms with E-state index in [2.05, 4.69) is 20.6 Å². The van der Waals surface area contributed by atoms with Crippen molar-refractivity contribution in [1.82, 2.24) is 9.62 Å². The molecule has 2 aromatic rings. The quantitative estimate of drug-likeness (QED) is 0.780. The Morgan fingerprint density at radius 3 is 2.34 bits per heavy atom. The average Bonchev–Trinajstić information content (AvgIpc) is 2.75. The van der Waals surface area contributed by atoms with E-state index in [4.69, 9.17) is 11.6 Å². The van der Waals surface area contributed by atoms with E-state index in [1.165, 1.54) is 0 Å². The minimum atomic E-state index is -3.49. The molecule has 1 N–H and O–H groups in total. The van der Waals surface area contributed by atoms with Crippen LogP contribution in [0.2, 0.25) is 5.02 Å². The maximum Gasteiger partial charge on any atom is 0.240 e. The van der Waals surface area contributed by atoms with Crippen LogP contribution in [0.25, 0.3) is 0 Å². The van der Waals surface area contributed by atoms with Crippen molar-refractivity contribution in [1.29, 1.82) is 0 Å². The summed E-state index contributed by atoms with van der Waals surface area (Å²) in [5, 5.41) is 0.757. The average molecular weight is 434 g/mol. The molecule has 1 heterocycles. The van der Waals surface area contributed by atoms with Gasteiger partial charge in [-0.3, -0.25) is 4.90 Å². The highest BCUT2D eigenvalue weighted by Crippen LogP contribution is 2.27. The Kier molecular flexibility index (Phi) is 6.44. The highest BCUT2D eigenvalue weighted by molar-refractivity contribution is 7.89. The van der Waals surface area contributed by atoms with Gasteiger partial charge in [0.25, 0.3) is 0 Å². The Morgan fingerprint density at radius 2 is 1.62 bits per heavy atom. The van der Waals surface area contributed by atoms with Gasteiger partial charge >= 0.3 is 0 Å². The Morgan fingerprint density at radius 1 is 0.897 bits per heavy atom. The van der Waals surface area contributed by atoms with Crippen LogP contribution in [0.3, 0.4) is 0 Å². The zero-order chi connectivity index (χ0) is 20.3. The lowest BCUT2D eigenvalue weighted by atomic mass is 9.89. The first-order valence-corrected chi connectivity index (χ1v) is 12.2. The molecule has 2 atom stereocenters. The highest BCUT2D eigenvalue weighted by Gasteiger charge is 2.34. The maximum atomic E-state index is 12.8. The lowest BCUT2D eigenvalue weighted by molar-refractivity contribution is 0.124. The van der Waals surface area contributed by atoms with E-state index in [9.17, 15) is 8.42 Å². The fourth-order valence-corrected chi connectivity index (χ4v) is 6.05. The van der Waals surface area contributed by atoms with Crippen LogP contribution < -0.4 is 9.62 Å². The van der Waals surface area contributed by atoms with Gasteiger partial charge in [-0.1, -0.05) is 48.7 Å². The van der Waals surface area contributed by atoms with Crippen molar-refractivity contribution < 1.29 is 8.42 Å². The fraction of sp³-hybridized carbons (Fsp3) is 0.455. The van der Waals surface area contributed by atoms with Crippen LogP contribution in [-0.2, 0) is 10.0 Å². The number of benzene rings is 2. The Hall–Kier alpha value is -1.60. The molecule has 1 aliphatic carbocycles. The van der Waals surface area contributed by atoms with Gasteiger partial charge in [-0.2, -0.15) is 0 Å². The van der Waals surface area contributed by atoms with Crippen LogP contribution >= 0.6 is 11.6 Å². The SMILES string of the molecule is O=S(=O)(N[C@@H]1CCCC[C@H]1N1CCN(c2cccc(Cl)c2)CC1)c1ccccc1. The van der Waals surface area contributed by atoms with Crippen molar-refractivity contribution in [3.05, 3.63) is 59.6 Å². The molecule has 2 aromatic carbocycles.